The van der Waals surface area contributed by atoms with Crippen LogP contribution in [0.25, 0.3) is 11.1 Å². The molecule has 0 aliphatic carbocycles. The van der Waals surface area contributed by atoms with Crippen molar-refractivity contribution in [3.05, 3.63) is 60.2 Å². The molecular weight excluding hydrogens is 220 g/mol. The van der Waals surface area contributed by atoms with Gasteiger partial charge in [-0.05, 0) is 16.7 Å². The lowest BCUT2D eigenvalue weighted by molar-refractivity contribution is 0.193. The molecule has 0 saturated carbocycles. The highest BCUT2D eigenvalue weighted by Crippen LogP contribution is 2.24. The standard InChI is InChI=1S/C14H12ClO/c15-14(10-16)13-8-6-12(7-9-13)11-4-2-1-3-5-11/h1-9,14H,10H2. The minimum atomic E-state index is -0.426. The van der Waals surface area contributed by atoms with Crippen molar-refractivity contribution in [2.45, 2.75) is 5.38 Å². The SMILES string of the molecule is [O]CC(Cl)c1ccc(-c2ccccc2)cc1. The average molecular weight is 232 g/mol. The van der Waals surface area contributed by atoms with Crippen molar-refractivity contribution >= 4 is 11.6 Å². The van der Waals surface area contributed by atoms with Gasteiger partial charge in [-0.1, -0.05) is 54.6 Å². The first-order chi connectivity index (χ1) is 7.81. The monoisotopic (exact) mass is 231 g/mol. The van der Waals surface area contributed by atoms with Gasteiger partial charge in [0.1, 0.15) is 6.61 Å². The Hall–Kier alpha value is -1.31. The third-order valence-corrected chi connectivity index (χ3v) is 2.90. The Balaban J connectivity index is 2.26. The maximum Gasteiger partial charge on any atom is 0.103 e. The summed E-state index contributed by atoms with van der Waals surface area (Å²) in [5, 5.41) is 10.2. The van der Waals surface area contributed by atoms with Gasteiger partial charge in [0.05, 0.1) is 5.38 Å². The van der Waals surface area contributed by atoms with E-state index in [1.807, 2.05) is 42.5 Å². The van der Waals surface area contributed by atoms with Crippen molar-refractivity contribution < 1.29 is 5.11 Å². The lowest BCUT2D eigenvalue weighted by atomic mass is 10.0. The molecule has 0 spiro atoms. The molecular formula is C14H12ClO. The molecule has 0 N–H and O–H groups in total. The molecule has 0 aliphatic heterocycles. The van der Waals surface area contributed by atoms with E-state index in [-0.39, 0.29) is 6.61 Å². The molecule has 0 amide bonds. The molecule has 0 saturated heterocycles. The molecule has 1 radical (unpaired) electrons. The Bertz CT molecular complexity index is 436. The van der Waals surface area contributed by atoms with E-state index in [0.717, 1.165) is 11.1 Å². The van der Waals surface area contributed by atoms with Crippen LogP contribution in [0, 0.1) is 0 Å². The van der Waals surface area contributed by atoms with Gasteiger partial charge in [-0.3, -0.25) is 0 Å². The summed E-state index contributed by atoms with van der Waals surface area (Å²) in [6.07, 6.45) is 0. The van der Waals surface area contributed by atoms with Crippen molar-refractivity contribution in [3.63, 3.8) is 0 Å². The molecule has 0 aromatic heterocycles. The zero-order valence-electron chi connectivity index (χ0n) is 8.77. The highest BCUT2D eigenvalue weighted by molar-refractivity contribution is 6.20. The summed E-state index contributed by atoms with van der Waals surface area (Å²) < 4.78 is 0. The second-order valence-corrected chi connectivity index (χ2v) is 4.15. The minimum absolute atomic E-state index is 0.285. The topological polar surface area (TPSA) is 19.9 Å². The largest absolute Gasteiger partial charge is 0.235 e. The van der Waals surface area contributed by atoms with E-state index < -0.39 is 5.38 Å². The van der Waals surface area contributed by atoms with E-state index in [2.05, 4.69) is 12.1 Å². The lowest BCUT2D eigenvalue weighted by Gasteiger charge is -2.06. The maximum atomic E-state index is 10.7. The van der Waals surface area contributed by atoms with Crippen molar-refractivity contribution in [2.75, 3.05) is 6.61 Å². The fourth-order valence-corrected chi connectivity index (χ4v) is 1.76. The molecule has 2 aromatic rings. The summed E-state index contributed by atoms with van der Waals surface area (Å²) in [5.74, 6) is 0. The highest BCUT2D eigenvalue weighted by Gasteiger charge is 2.06. The van der Waals surface area contributed by atoms with E-state index in [1.54, 1.807) is 0 Å². The van der Waals surface area contributed by atoms with E-state index >= 15 is 0 Å². The fraction of sp³-hybridized carbons (Fsp3) is 0.143. The molecule has 1 unspecified atom stereocenters. The zero-order chi connectivity index (χ0) is 11.4. The molecule has 2 aromatic carbocycles. The molecule has 16 heavy (non-hydrogen) atoms. The van der Waals surface area contributed by atoms with Gasteiger partial charge in [0, 0.05) is 0 Å². The van der Waals surface area contributed by atoms with Gasteiger partial charge in [-0.2, -0.15) is 0 Å². The van der Waals surface area contributed by atoms with E-state index in [9.17, 15) is 5.11 Å². The second kappa shape index (κ2) is 5.15. The van der Waals surface area contributed by atoms with Gasteiger partial charge in [0.25, 0.3) is 0 Å². The van der Waals surface area contributed by atoms with Crippen molar-refractivity contribution in [2.24, 2.45) is 0 Å². The number of alkyl halides is 1. The Kier molecular flexibility index (Phi) is 3.60. The van der Waals surface area contributed by atoms with Crippen molar-refractivity contribution in [1.29, 1.82) is 0 Å². The Morgan fingerprint density at radius 1 is 0.875 bits per heavy atom. The van der Waals surface area contributed by atoms with Crippen molar-refractivity contribution in [3.8, 4) is 11.1 Å². The van der Waals surface area contributed by atoms with Crippen LogP contribution >= 0.6 is 11.6 Å². The normalized spacial score (nSPS) is 12.4. The molecule has 1 atom stereocenters. The van der Waals surface area contributed by atoms with Crippen LogP contribution in [0.15, 0.2) is 54.6 Å². The minimum Gasteiger partial charge on any atom is -0.235 e. The molecule has 0 fully saturated rings. The fourth-order valence-electron chi connectivity index (χ4n) is 1.61. The summed E-state index contributed by atoms with van der Waals surface area (Å²) in [6, 6.07) is 17.9. The summed E-state index contributed by atoms with van der Waals surface area (Å²) in [5.41, 5.74) is 3.19. The summed E-state index contributed by atoms with van der Waals surface area (Å²) >= 11 is 5.88. The van der Waals surface area contributed by atoms with Gasteiger partial charge >= 0.3 is 0 Å². The number of halogens is 1. The van der Waals surface area contributed by atoms with Crippen LogP contribution in [-0.4, -0.2) is 6.61 Å². The predicted molar refractivity (Wildman–Crippen MR) is 66.0 cm³/mol. The van der Waals surface area contributed by atoms with Gasteiger partial charge in [-0.15, -0.1) is 11.6 Å². The second-order valence-electron chi connectivity index (χ2n) is 3.62. The number of hydrogen-bond acceptors (Lipinski definition) is 0. The summed E-state index contributed by atoms with van der Waals surface area (Å²) in [7, 11) is 0. The third-order valence-electron chi connectivity index (χ3n) is 2.53. The van der Waals surface area contributed by atoms with Crippen LogP contribution in [0.4, 0.5) is 0 Å². The lowest BCUT2D eigenvalue weighted by Crippen LogP contribution is -1.94. The van der Waals surface area contributed by atoms with E-state index in [4.69, 9.17) is 11.6 Å². The summed E-state index contributed by atoms with van der Waals surface area (Å²) in [6.45, 7) is -0.285. The van der Waals surface area contributed by atoms with Crippen molar-refractivity contribution in [1.82, 2.24) is 0 Å². The molecule has 2 heteroatoms. The maximum absolute atomic E-state index is 10.7. The first-order valence-corrected chi connectivity index (χ1v) is 5.62. The average Bonchev–Trinajstić information content (AvgIpc) is 2.39. The molecule has 0 aliphatic rings. The first kappa shape index (κ1) is 11.2. The number of rotatable bonds is 3. The zero-order valence-corrected chi connectivity index (χ0v) is 9.52. The van der Waals surface area contributed by atoms with Gasteiger partial charge in [0.15, 0.2) is 0 Å². The predicted octanol–water partition coefficient (Wildman–Crippen LogP) is 4.06. The quantitative estimate of drug-likeness (QED) is 0.710. The van der Waals surface area contributed by atoms with Crippen LogP contribution in [0.3, 0.4) is 0 Å². The van der Waals surface area contributed by atoms with Crippen LogP contribution in [-0.2, 0) is 5.11 Å². The molecule has 81 valence electrons. The van der Waals surface area contributed by atoms with Crippen LogP contribution in [0.2, 0.25) is 0 Å². The van der Waals surface area contributed by atoms with E-state index in [0.29, 0.717) is 0 Å². The van der Waals surface area contributed by atoms with Crippen LogP contribution in [0.1, 0.15) is 10.9 Å². The third kappa shape index (κ3) is 2.43. The highest BCUT2D eigenvalue weighted by atomic mass is 35.5. The van der Waals surface area contributed by atoms with Gasteiger partial charge < -0.3 is 0 Å². The Labute approximate surface area is 100 Å². The molecule has 2 rings (SSSR count). The first-order valence-electron chi connectivity index (χ1n) is 5.19. The number of hydrogen-bond donors (Lipinski definition) is 0. The Morgan fingerprint density at radius 2 is 1.44 bits per heavy atom. The Morgan fingerprint density at radius 3 is 2.00 bits per heavy atom. The van der Waals surface area contributed by atoms with Gasteiger partial charge in [-0.25, -0.2) is 5.11 Å². The number of benzene rings is 2. The molecule has 0 heterocycles. The van der Waals surface area contributed by atoms with Crippen LogP contribution < -0.4 is 0 Å². The van der Waals surface area contributed by atoms with Crippen LogP contribution in [0.5, 0.6) is 0 Å². The molecule has 1 nitrogen and oxygen atoms in total. The molecule has 0 bridgehead atoms. The van der Waals surface area contributed by atoms with E-state index in [1.165, 1.54) is 5.56 Å². The smallest absolute Gasteiger partial charge is 0.103 e. The van der Waals surface area contributed by atoms with Gasteiger partial charge in [0.2, 0.25) is 0 Å². The summed E-state index contributed by atoms with van der Waals surface area (Å²) in [4.78, 5) is 0.